The quantitative estimate of drug-likeness (QED) is 0.679. The fourth-order valence-electron chi connectivity index (χ4n) is 3.22. The van der Waals surface area contributed by atoms with E-state index in [1.165, 1.54) is 16.7 Å². The Hall–Kier alpha value is -1.31. The van der Waals surface area contributed by atoms with Crippen molar-refractivity contribution in [2.24, 2.45) is 0 Å². The predicted octanol–water partition coefficient (Wildman–Crippen LogP) is 5.19. The van der Waals surface area contributed by atoms with Gasteiger partial charge in [-0.1, -0.05) is 53.4 Å². The second kappa shape index (κ2) is 8.86. The fourth-order valence-corrected chi connectivity index (χ4v) is 3.22. The van der Waals surface area contributed by atoms with Crippen molar-refractivity contribution in [2.75, 3.05) is 0 Å². The van der Waals surface area contributed by atoms with E-state index in [9.17, 15) is 9.90 Å². The maximum Gasteiger partial charge on any atom is 0.335 e. The molecule has 1 N–H and O–H groups in total. The van der Waals surface area contributed by atoms with E-state index in [4.69, 9.17) is 0 Å². The van der Waals surface area contributed by atoms with Crippen LogP contribution in [0.15, 0.2) is 6.07 Å². The van der Waals surface area contributed by atoms with Crippen molar-refractivity contribution < 1.29 is 9.90 Å². The number of aryl methyl sites for hydroxylation is 1. The number of aromatic carboxylic acids is 1. The van der Waals surface area contributed by atoms with Gasteiger partial charge in [0.25, 0.3) is 0 Å². The van der Waals surface area contributed by atoms with Gasteiger partial charge in [0.1, 0.15) is 0 Å². The third-order valence-corrected chi connectivity index (χ3v) is 4.01. The average molecular weight is 290 g/mol. The zero-order valence-corrected chi connectivity index (χ0v) is 14.1. The average Bonchev–Trinajstić information content (AvgIpc) is 2.44. The van der Waals surface area contributed by atoms with Crippen LogP contribution in [0.25, 0.3) is 0 Å². The molecule has 0 radical (unpaired) electrons. The first-order valence-corrected chi connectivity index (χ1v) is 8.50. The molecule has 0 amide bonds. The highest BCUT2D eigenvalue weighted by atomic mass is 16.4. The Morgan fingerprint density at radius 2 is 1.29 bits per heavy atom. The van der Waals surface area contributed by atoms with Crippen molar-refractivity contribution >= 4 is 5.97 Å². The second-order valence-corrected chi connectivity index (χ2v) is 5.82. The lowest BCUT2D eigenvalue weighted by Gasteiger charge is -2.21. The van der Waals surface area contributed by atoms with E-state index in [1.807, 2.05) is 6.07 Å². The maximum atomic E-state index is 11.7. The Balaban J connectivity index is 3.56. The lowest BCUT2D eigenvalue weighted by molar-refractivity contribution is 0.0695. The summed E-state index contributed by atoms with van der Waals surface area (Å²) in [6.07, 6.45) is 8.18. The minimum atomic E-state index is -0.767. The summed E-state index contributed by atoms with van der Waals surface area (Å²) in [5, 5.41) is 9.60. The van der Waals surface area contributed by atoms with Crippen LogP contribution in [0.4, 0.5) is 0 Å². The molecule has 118 valence electrons. The van der Waals surface area contributed by atoms with Crippen LogP contribution in [0.5, 0.6) is 0 Å². The number of benzene rings is 1. The van der Waals surface area contributed by atoms with Gasteiger partial charge in [-0.15, -0.1) is 0 Å². The van der Waals surface area contributed by atoms with E-state index in [0.29, 0.717) is 5.56 Å². The van der Waals surface area contributed by atoms with E-state index in [2.05, 4.69) is 27.7 Å². The molecule has 0 spiro atoms. The number of carbonyl (C=O) groups is 1. The first-order valence-electron chi connectivity index (χ1n) is 8.50. The fraction of sp³-hybridized carbons (Fsp3) is 0.632. The molecule has 21 heavy (non-hydrogen) atoms. The zero-order valence-electron chi connectivity index (χ0n) is 14.1. The molecule has 1 rings (SSSR count). The van der Waals surface area contributed by atoms with Crippen LogP contribution in [-0.2, 0) is 25.7 Å². The van der Waals surface area contributed by atoms with Gasteiger partial charge in [-0.25, -0.2) is 4.79 Å². The molecule has 0 aliphatic heterocycles. The van der Waals surface area contributed by atoms with Crippen molar-refractivity contribution in [1.82, 2.24) is 0 Å². The third kappa shape index (κ3) is 4.33. The normalized spacial score (nSPS) is 10.9. The lowest BCUT2D eigenvalue weighted by atomic mass is 9.84. The molecular formula is C19H30O2. The van der Waals surface area contributed by atoms with Crippen molar-refractivity contribution in [3.05, 3.63) is 33.9 Å². The van der Waals surface area contributed by atoms with Gasteiger partial charge in [-0.05, 0) is 54.0 Å². The molecule has 0 unspecified atom stereocenters. The van der Waals surface area contributed by atoms with Gasteiger partial charge in [-0.2, -0.15) is 0 Å². The summed E-state index contributed by atoms with van der Waals surface area (Å²) in [6, 6.07) is 1.96. The molecule has 0 aliphatic carbocycles. The largest absolute Gasteiger partial charge is 0.478 e. The lowest BCUT2D eigenvalue weighted by Crippen LogP contribution is -2.12. The number of rotatable bonds is 9. The Bertz CT molecular complexity index is 475. The van der Waals surface area contributed by atoms with Crippen molar-refractivity contribution in [1.29, 1.82) is 0 Å². The maximum absolute atomic E-state index is 11.7. The first kappa shape index (κ1) is 17.7. The molecule has 0 aliphatic rings. The monoisotopic (exact) mass is 290 g/mol. The van der Waals surface area contributed by atoms with Crippen LogP contribution in [0.3, 0.4) is 0 Å². The van der Waals surface area contributed by atoms with Gasteiger partial charge in [0.05, 0.1) is 5.56 Å². The highest BCUT2D eigenvalue weighted by Crippen LogP contribution is 2.28. The Labute approximate surface area is 129 Å². The molecule has 0 fully saturated rings. The Morgan fingerprint density at radius 3 is 1.76 bits per heavy atom. The molecule has 0 atom stereocenters. The minimum Gasteiger partial charge on any atom is -0.478 e. The standard InChI is InChI=1S/C19H30O2/c1-5-9-14-13-18(19(20)21)17(12-8-4)16(11-7-3)15(14)10-6-2/h13H,5-12H2,1-4H3,(H,20,21). The zero-order chi connectivity index (χ0) is 15.8. The van der Waals surface area contributed by atoms with Gasteiger partial charge in [-0.3, -0.25) is 0 Å². The van der Waals surface area contributed by atoms with E-state index in [1.54, 1.807) is 0 Å². The first-order chi connectivity index (χ1) is 10.1. The number of carboxylic acids is 1. The molecule has 0 saturated carbocycles. The van der Waals surface area contributed by atoms with E-state index in [0.717, 1.165) is 56.9 Å². The van der Waals surface area contributed by atoms with Crippen LogP contribution < -0.4 is 0 Å². The molecule has 0 aromatic heterocycles. The highest BCUT2D eigenvalue weighted by molar-refractivity contribution is 5.90. The Morgan fingerprint density at radius 1 is 0.810 bits per heavy atom. The molecule has 2 heteroatoms. The smallest absolute Gasteiger partial charge is 0.335 e. The molecule has 1 aromatic carbocycles. The van der Waals surface area contributed by atoms with Crippen LogP contribution in [0.2, 0.25) is 0 Å². The molecule has 0 bridgehead atoms. The number of hydrogen-bond donors (Lipinski definition) is 1. The summed E-state index contributed by atoms with van der Waals surface area (Å²) in [4.78, 5) is 11.7. The third-order valence-electron chi connectivity index (χ3n) is 4.01. The van der Waals surface area contributed by atoms with Crippen molar-refractivity contribution in [2.45, 2.75) is 79.1 Å². The summed E-state index contributed by atoms with van der Waals surface area (Å²) in [6.45, 7) is 8.67. The van der Waals surface area contributed by atoms with Crippen LogP contribution >= 0.6 is 0 Å². The van der Waals surface area contributed by atoms with Crippen molar-refractivity contribution in [3.8, 4) is 0 Å². The van der Waals surface area contributed by atoms with E-state index >= 15 is 0 Å². The summed E-state index contributed by atoms with van der Waals surface area (Å²) in [5.41, 5.74) is 5.68. The summed E-state index contributed by atoms with van der Waals surface area (Å²) >= 11 is 0. The SMILES string of the molecule is CCCc1cc(C(=O)O)c(CCC)c(CCC)c1CCC. The molecule has 0 saturated heterocycles. The molecule has 0 heterocycles. The van der Waals surface area contributed by atoms with E-state index < -0.39 is 5.97 Å². The van der Waals surface area contributed by atoms with Crippen LogP contribution in [-0.4, -0.2) is 11.1 Å². The highest BCUT2D eigenvalue weighted by Gasteiger charge is 2.19. The summed E-state index contributed by atoms with van der Waals surface area (Å²) in [7, 11) is 0. The molecule has 1 aromatic rings. The van der Waals surface area contributed by atoms with Gasteiger partial charge < -0.3 is 5.11 Å². The Kier molecular flexibility index (Phi) is 7.49. The predicted molar refractivity (Wildman–Crippen MR) is 89.4 cm³/mol. The number of carboxylic acid groups (broad SMARTS) is 1. The number of hydrogen-bond acceptors (Lipinski definition) is 1. The van der Waals surface area contributed by atoms with E-state index in [-0.39, 0.29) is 0 Å². The summed E-state index contributed by atoms with van der Waals surface area (Å²) in [5.74, 6) is -0.767. The van der Waals surface area contributed by atoms with Gasteiger partial charge >= 0.3 is 5.97 Å². The van der Waals surface area contributed by atoms with Gasteiger partial charge in [0, 0.05) is 0 Å². The summed E-state index contributed by atoms with van der Waals surface area (Å²) < 4.78 is 0. The second-order valence-electron chi connectivity index (χ2n) is 5.82. The van der Waals surface area contributed by atoms with Gasteiger partial charge in [0.2, 0.25) is 0 Å². The minimum absolute atomic E-state index is 0.545. The van der Waals surface area contributed by atoms with Crippen LogP contribution in [0, 0.1) is 0 Å². The van der Waals surface area contributed by atoms with Crippen LogP contribution in [0.1, 0.15) is 86.0 Å². The molecular weight excluding hydrogens is 260 g/mol. The van der Waals surface area contributed by atoms with Gasteiger partial charge in [0.15, 0.2) is 0 Å². The molecule has 2 nitrogen and oxygen atoms in total. The topological polar surface area (TPSA) is 37.3 Å². The van der Waals surface area contributed by atoms with Crippen molar-refractivity contribution in [3.63, 3.8) is 0 Å².